The number of hydrogen-bond donors (Lipinski definition) is 1. The summed E-state index contributed by atoms with van der Waals surface area (Å²) in [4.78, 5) is 17.9. The van der Waals surface area contributed by atoms with Gasteiger partial charge in [-0.05, 0) is 54.5 Å². The van der Waals surface area contributed by atoms with E-state index < -0.39 is 0 Å². The number of nitrogens with zero attached hydrogens (tertiary/aromatic N) is 5. The van der Waals surface area contributed by atoms with Crippen molar-refractivity contribution in [2.24, 2.45) is 5.41 Å². The molecule has 0 bridgehead atoms. The van der Waals surface area contributed by atoms with Gasteiger partial charge in [-0.3, -0.25) is 0 Å². The van der Waals surface area contributed by atoms with Crippen LogP contribution in [0.4, 0.5) is 10.1 Å². The highest BCUT2D eigenvalue weighted by Gasteiger charge is 2.54. The maximum absolute atomic E-state index is 13.8. The second-order valence-electron chi connectivity index (χ2n) is 11.9. The summed E-state index contributed by atoms with van der Waals surface area (Å²) >= 11 is 0. The maximum atomic E-state index is 13.8. The molecular formula is C29H37FN6O. The lowest BCUT2D eigenvalue weighted by Crippen LogP contribution is -2.76. The zero-order chi connectivity index (χ0) is 26.5. The third-order valence-corrected chi connectivity index (χ3v) is 7.52. The quantitative estimate of drug-likeness (QED) is 0.491. The summed E-state index contributed by atoms with van der Waals surface area (Å²) in [6.07, 6.45) is 3.87. The number of fused-ring (bicyclic) bond motifs is 1. The molecule has 2 aliphatic heterocycles. The standard InChI is InChI=1S/C29H37FN6O/c1-20-9-10-23(14-24(20)30)16-31-21(2)17-36-27(37)34-12-7-8-25(26(34)32-36)35-13-11-29(35)18-33(19-29)22(3)15-28(4,5)6/h7-10,12,14,31H,2-3,11,13,15-19H2,1,4-6H3. The van der Waals surface area contributed by atoms with Crippen molar-refractivity contribution in [3.63, 3.8) is 0 Å². The first-order valence-electron chi connectivity index (χ1n) is 12.9. The maximum Gasteiger partial charge on any atom is 0.350 e. The smallest absolute Gasteiger partial charge is 0.350 e. The van der Waals surface area contributed by atoms with Gasteiger partial charge >= 0.3 is 5.69 Å². The summed E-state index contributed by atoms with van der Waals surface area (Å²) < 4.78 is 16.9. The average Bonchev–Trinajstić information content (AvgIpc) is 3.08. The third kappa shape index (κ3) is 4.77. The van der Waals surface area contributed by atoms with Crippen LogP contribution in [0.1, 0.15) is 44.7 Å². The number of pyridine rings is 1. The van der Waals surface area contributed by atoms with Gasteiger partial charge in [-0.2, -0.15) is 0 Å². The Hall–Kier alpha value is -3.55. The summed E-state index contributed by atoms with van der Waals surface area (Å²) in [5.41, 5.74) is 5.00. The highest BCUT2D eigenvalue weighted by Crippen LogP contribution is 2.45. The monoisotopic (exact) mass is 504 g/mol. The Labute approximate surface area is 217 Å². The van der Waals surface area contributed by atoms with Crippen molar-refractivity contribution in [3.05, 3.63) is 88.5 Å². The number of hydrogen-bond acceptors (Lipinski definition) is 5. The molecule has 0 atom stereocenters. The van der Waals surface area contributed by atoms with Crippen molar-refractivity contribution in [2.75, 3.05) is 24.5 Å². The van der Waals surface area contributed by atoms with Crippen molar-refractivity contribution in [1.82, 2.24) is 24.4 Å². The summed E-state index contributed by atoms with van der Waals surface area (Å²) in [6, 6.07) is 9.12. The molecule has 1 spiro atoms. The third-order valence-electron chi connectivity index (χ3n) is 7.52. The summed E-state index contributed by atoms with van der Waals surface area (Å²) in [5, 5.41) is 7.89. The first-order valence-corrected chi connectivity index (χ1v) is 12.9. The van der Waals surface area contributed by atoms with Crippen LogP contribution in [0, 0.1) is 18.2 Å². The van der Waals surface area contributed by atoms with E-state index in [0.29, 0.717) is 23.5 Å². The molecule has 1 N–H and O–H groups in total. The van der Waals surface area contributed by atoms with Crippen molar-refractivity contribution < 1.29 is 4.39 Å². The molecule has 37 heavy (non-hydrogen) atoms. The molecule has 0 radical (unpaired) electrons. The predicted octanol–water partition coefficient (Wildman–Crippen LogP) is 4.46. The number of rotatable bonds is 8. The van der Waals surface area contributed by atoms with E-state index in [1.165, 1.54) is 16.4 Å². The number of halogens is 1. The Balaban J connectivity index is 1.28. The van der Waals surface area contributed by atoms with Crippen LogP contribution in [0.25, 0.3) is 5.65 Å². The van der Waals surface area contributed by atoms with E-state index in [1.807, 2.05) is 12.1 Å². The SMILES string of the molecule is C=C(Cn1nc2c(N3CCC34CN(C(=C)CC(C)(C)C)C4)cccn2c1=O)NCc1ccc(C)c(F)c1. The van der Waals surface area contributed by atoms with E-state index in [4.69, 9.17) is 5.10 Å². The number of aromatic nitrogens is 3. The topological polar surface area (TPSA) is 57.8 Å². The van der Waals surface area contributed by atoms with Crippen LogP contribution in [0.3, 0.4) is 0 Å². The molecule has 4 heterocycles. The molecule has 3 aromatic rings. The van der Waals surface area contributed by atoms with Gasteiger partial charge in [0, 0.05) is 43.8 Å². The van der Waals surface area contributed by atoms with E-state index in [1.54, 1.807) is 23.6 Å². The zero-order valence-corrected chi connectivity index (χ0v) is 22.4. The number of allylic oxidation sites excluding steroid dienone is 2. The van der Waals surface area contributed by atoms with Gasteiger partial charge in [0.2, 0.25) is 0 Å². The van der Waals surface area contributed by atoms with Crippen LogP contribution in [-0.2, 0) is 13.1 Å². The molecule has 2 aromatic heterocycles. The fourth-order valence-electron chi connectivity index (χ4n) is 5.40. The van der Waals surface area contributed by atoms with Crippen LogP contribution in [0.2, 0.25) is 0 Å². The number of aryl methyl sites for hydroxylation is 1. The van der Waals surface area contributed by atoms with Crippen LogP contribution in [0.5, 0.6) is 0 Å². The lowest BCUT2D eigenvalue weighted by molar-refractivity contribution is 0.0467. The Bertz CT molecular complexity index is 1420. The molecule has 0 aliphatic carbocycles. The van der Waals surface area contributed by atoms with E-state index in [0.717, 1.165) is 43.7 Å². The van der Waals surface area contributed by atoms with Gasteiger partial charge in [-0.25, -0.2) is 18.3 Å². The lowest BCUT2D eigenvalue weighted by Gasteiger charge is -2.64. The minimum absolute atomic E-state index is 0.0803. The van der Waals surface area contributed by atoms with Gasteiger partial charge in [-0.15, -0.1) is 5.10 Å². The Morgan fingerprint density at radius 1 is 1.22 bits per heavy atom. The molecule has 5 rings (SSSR count). The highest BCUT2D eigenvalue weighted by atomic mass is 19.1. The van der Waals surface area contributed by atoms with Crippen LogP contribution in [0.15, 0.2) is 65.9 Å². The summed E-state index contributed by atoms with van der Waals surface area (Å²) in [6.45, 7) is 20.4. The summed E-state index contributed by atoms with van der Waals surface area (Å²) in [5.74, 6) is -0.231. The molecule has 0 saturated carbocycles. The van der Waals surface area contributed by atoms with Crippen molar-refractivity contribution >= 4 is 11.3 Å². The Morgan fingerprint density at radius 2 is 1.97 bits per heavy atom. The second-order valence-corrected chi connectivity index (χ2v) is 11.9. The Morgan fingerprint density at radius 3 is 2.62 bits per heavy atom. The molecule has 2 saturated heterocycles. The van der Waals surface area contributed by atoms with Gasteiger partial charge in [0.1, 0.15) is 5.82 Å². The lowest BCUT2D eigenvalue weighted by atomic mass is 9.76. The minimum Gasteiger partial charge on any atom is -0.383 e. The zero-order valence-electron chi connectivity index (χ0n) is 22.4. The molecule has 2 aliphatic rings. The van der Waals surface area contributed by atoms with E-state index in [2.05, 4.69) is 55.1 Å². The number of anilines is 1. The number of likely N-dealkylation sites (tertiary alicyclic amines) is 1. The summed E-state index contributed by atoms with van der Waals surface area (Å²) in [7, 11) is 0. The van der Waals surface area contributed by atoms with Crippen LogP contribution >= 0.6 is 0 Å². The van der Waals surface area contributed by atoms with Crippen molar-refractivity contribution in [1.29, 1.82) is 0 Å². The molecule has 1 aromatic carbocycles. The molecule has 0 unspecified atom stereocenters. The van der Waals surface area contributed by atoms with Crippen molar-refractivity contribution in [3.8, 4) is 0 Å². The Kier molecular flexibility index (Phi) is 6.16. The van der Waals surface area contributed by atoms with Gasteiger partial charge in [0.25, 0.3) is 0 Å². The van der Waals surface area contributed by atoms with E-state index >= 15 is 0 Å². The first kappa shape index (κ1) is 25.1. The van der Waals surface area contributed by atoms with Gasteiger partial charge < -0.3 is 15.1 Å². The molecule has 8 heteroatoms. The first-order chi connectivity index (χ1) is 17.5. The second kappa shape index (κ2) is 9.08. The molecule has 2 fully saturated rings. The van der Waals surface area contributed by atoms with E-state index in [-0.39, 0.29) is 29.0 Å². The number of nitrogens with one attached hydrogen (secondary N) is 1. The molecule has 7 nitrogen and oxygen atoms in total. The van der Waals surface area contributed by atoms with Gasteiger partial charge in [-0.1, -0.05) is 46.1 Å². The molecule has 0 amide bonds. The largest absolute Gasteiger partial charge is 0.383 e. The van der Waals surface area contributed by atoms with E-state index in [9.17, 15) is 9.18 Å². The molecule has 196 valence electrons. The highest BCUT2D eigenvalue weighted by molar-refractivity contribution is 5.71. The molecular weight excluding hydrogens is 467 g/mol. The number of benzene rings is 1. The van der Waals surface area contributed by atoms with Gasteiger partial charge in [0.05, 0.1) is 17.8 Å². The fraction of sp³-hybridized carbons (Fsp3) is 0.448. The minimum atomic E-state index is -0.231. The van der Waals surface area contributed by atoms with Gasteiger partial charge in [0.15, 0.2) is 5.65 Å². The average molecular weight is 505 g/mol. The van der Waals surface area contributed by atoms with Crippen LogP contribution in [-0.4, -0.2) is 44.3 Å². The fourth-order valence-corrected chi connectivity index (χ4v) is 5.40. The predicted molar refractivity (Wildman–Crippen MR) is 146 cm³/mol. The van der Waals surface area contributed by atoms with Crippen molar-refractivity contribution in [2.45, 2.75) is 59.2 Å². The normalized spacial score (nSPS) is 16.6. The van der Waals surface area contributed by atoms with Crippen LogP contribution < -0.4 is 15.9 Å².